The van der Waals surface area contributed by atoms with Crippen LogP contribution in [0.2, 0.25) is 0 Å². The lowest BCUT2D eigenvalue weighted by Gasteiger charge is -2.19. The van der Waals surface area contributed by atoms with Crippen LogP contribution >= 0.6 is 31.9 Å². The third-order valence-corrected chi connectivity index (χ3v) is 18.0. The first kappa shape index (κ1) is 42.1. The van der Waals surface area contributed by atoms with E-state index in [2.05, 4.69) is 275 Å². The van der Waals surface area contributed by atoms with Crippen molar-refractivity contribution in [2.24, 2.45) is 0 Å². The van der Waals surface area contributed by atoms with Gasteiger partial charge in [-0.05, 0) is 219 Å². The zero-order valence-corrected chi connectivity index (χ0v) is 43.0. The molecule has 0 fully saturated rings. The van der Waals surface area contributed by atoms with Crippen LogP contribution in [0.5, 0.6) is 0 Å². The van der Waals surface area contributed by atoms with Crippen molar-refractivity contribution in [2.75, 3.05) is 0 Å². The number of fused-ring (bicyclic) bond motifs is 16. The minimum atomic E-state index is 1.14. The highest BCUT2D eigenvalue weighted by Crippen LogP contribution is 2.48. The Kier molecular flexibility index (Phi) is 9.14. The third-order valence-electron chi connectivity index (χ3n) is 16.3. The van der Waals surface area contributed by atoms with E-state index < -0.39 is 0 Å². The van der Waals surface area contributed by atoms with E-state index in [-0.39, 0.29) is 0 Å². The van der Waals surface area contributed by atoms with E-state index in [1.54, 1.807) is 0 Å². The lowest BCUT2D eigenvalue weighted by molar-refractivity contribution is 1.70. The Bertz CT molecular complexity index is 4840. The van der Waals surface area contributed by atoms with Gasteiger partial charge in [0, 0.05) is 8.95 Å². The standard InChI is InChI=1S/C72H40Br2/c73-71-47-19-7-3-15-43(47)39-67-53-25-11-27-59(57(53)31-35-63(67)71)69-45-17-5-1-13-41(45)37-65-51-23-9-21-49(55(51)29-33-61(65)69)50-22-10-24-52-56(50)30-34-62-66(52)38-42-14-2-6-18-46(42)70(62)60-28-12-26-54-58(60)32-36-64-68(54)40-44-16-4-8-20-48(44)72(64)74/h1-40H. The molecule has 2 heteroatoms. The highest BCUT2D eigenvalue weighted by molar-refractivity contribution is 9.11. The maximum atomic E-state index is 4.01. The molecule has 16 rings (SSSR count). The molecule has 16 aromatic carbocycles. The molecule has 74 heavy (non-hydrogen) atoms. The Morgan fingerprint density at radius 1 is 0.162 bits per heavy atom. The predicted molar refractivity (Wildman–Crippen MR) is 328 cm³/mol. The maximum absolute atomic E-state index is 4.01. The first-order valence-corrected chi connectivity index (χ1v) is 27.0. The summed E-state index contributed by atoms with van der Waals surface area (Å²) in [6.07, 6.45) is 0. The highest BCUT2D eigenvalue weighted by atomic mass is 79.9. The molecule has 0 saturated heterocycles. The zero-order chi connectivity index (χ0) is 48.8. The summed E-state index contributed by atoms with van der Waals surface area (Å²) < 4.78 is 2.29. The van der Waals surface area contributed by atoms with Gasteiger partial charge in [-0.2, -0.15) is 0 Å². The second kappa shape index (κ2) is 16.0. The van der Waals surface area contributed by atoms with Gasteiger partial charge in [-0.25, -0.2) is 0 Å². The van der Waals surface area contributed by atoms with E-state index in [0.29, 0.717) is 0 Å². The van der Waals surface area contributed by atoms with Crippen molar-refractivity contribution in [3.8, 4) is 33.4 Å². The van der Waals surface area contributed by atoms with Crippen molar-refractivity contribution in [1.82, 2.24) is 0 Å². The molecule has 16 aromatic rings. The fourth-order valence-corrected chi connectivity index (χ4v) is 14.4. The Balaban J connectivity index is 0.907. The van der Waals surface area contributed by atoms with Gasteiger partial charge in [0.05, 0.1) is 0 Å². The molecule has 0 atom stereocenters. The number of rotatable bonds is 3. The smallest absolute Gasteiger partial charge is 0.0332 e. The number of hydrogen-bond donors (Lipinski definition) is 0. The molecule has 0 nitrogen and oxygen atoms in total. The molecule has 0 aliphatic carbocycles. The first-order chi connectivity index (χ1) is 36.6. The van der Waals surface area contributed by atoms with Crippen LogP contribution in [-0.2, 0) is 0 Å². The highest BCUT2D eigenvalue weighted by Gasteiger charge is 2.21. The molecule has 0 N–H and O–H groups in total. The summed E-state index contributed by atoms with van der Waals surface area (Å²) in [6, 6.07) is 91.1. The summed E-state index contributed by atoms with van der Waals surface area (Å²) in [6.45, 7) is 0. The van der Waals surface area contributed by atoms with E-state index in [4.69, 9.17) is 0 Å². The quantitative estimate of drug-likeness (QED) is 0.122. The SMILES string of the molecule is Brc1c2ccccc2cc2c1ccc1c(-c3c4ccccc4cc4c3ccc3c(-c5cccc6c5ccc5c(-c7cccc8c7ccc7c(Br)c9ccccc9cc78)c7ccccc7cc56)cccc34)cccc12. The van der Waals surface area contributed by atoms with E-state index in [9.17, 15) is 0 Å². The summed E-state index contributed by atoms with van der Waals surface area (Å²) >= 11 is 8.01. The molecule has 0 aromatic heterocycles. The molecule has 0 spiro atoms. The summed E-state index contributed by atoms with van der Waals surface area (Å²) in [5.74, 6) is 0. The van der Waals surface area contributed by atoms with E-state index in [0.717, 1.165) is 8.95 Å². The summed E-state index contributed by atoms with van der Waals surface area (Å²) in [7, 11) is 0. The molecule has 0 radical (unpaired) electrons. The monoisotopic (exact) mass is 1060 g/mol. The van der Waals surface area contributed by atoms with E-state index in [1.807, 2.05) is 0 Å². The number of halogens is 2. The molecule has 0 bridgehead atoms. The fraction of sp³-hybridized carbons (Fsp3) is 0. The topological polar surface area (TPSA) is 0 Å². The average molecular weight is 1060 g/mol. The molecule has 0 heterocycles. The molecule has 0 aliphatic rings. The van der Waals surface area contributed by atoms with Gasteiger partial charge in [0.1, 0.15) is 0 Å². The van der Waals surface area contributed by atoms with E-state index in [1.165, 1.54) is 163 Å². The van der Waals surface area contributed by atoms with Crippen LogP contribution in [0.1, 0.15) is 0 Å². The van der Waals surface area contributed by atoms with Gasteiger partial charge >= 0.3 is 0 Å². The first-order valence-electron chi connectivity index (χ1n) is 25.4. The minimum Gasteiger partial charge on any atom is -0.0616 e. The summed E-state index contributed by atoms with van der Waals surface area (Å²) in [5.41, 5.74) is 7.51. The van der Waals surface area contributed by atoms with Gasteiger partial charge < -0.3 is 0 Å². The Morgan fingerprint density at radius 2 is 0.419 bits per heavy atom. The number of hydrogen-bond acceptors (Lipinski definition) is 0. The van der Waals surface area contributed by atoms with Crippen molar-refractivity contribution in [3.63, 3.8) is 0 Å². The van der Waals surface area contributed by atoms with Crippen molar-refractivity contribution in [3.05, 3.63) is 252 Å². The van der Waals surface area contributed by atoms with E-state index >= 15 is 0 Å². The lowest BCUT2D eigenvalue weighted by Crippen LogP contribution is -1.91. The lowest BCUT2D eigenvalue weighted by atomic mass is 9.84. The van der Waals surface area contributed by atoms with Crippen molar-refractivity contribution in [2.45, 2.75) is 0 Å². The summed E-state index contributed by atoms with van der Waals surface area (Å²) in [4.78, 5) is 0. The van der Waals surface area contributed by atoms with Crippen molar-refractivity contribution in [1.29, 1.82) is 0 Å². The van der Waals surface area contributed by atoms with Gasteiger partial charge in [-0.1, -0.05) is 218 Å². The molecule has 342 valence electrons. The Hall–Kier alpha value is -8.40. The van der Waals surface area contributed by atoms with Crippen LogP contribution in [0.25, 0.3) is 163 Å². The van der Waals surface area contributed by atoms with Gasteiger partial charge in [0.15, 0.2) is 0 Å². The molecule has 0 saturated carbocycles. The van der Waals surface area contributed by atoms with Crippen molar-refractivity contribution < 1.29 is 0 Å². The number of benzene rings is 16. The van der Waals surface area contributed by atoms with Gasteiger partial charge in [-0.3, -0.25) is 0 Å². The molecular formula is C72H40Br2. The van der Waals surface area contributed by atoms with Gasteiger partial charge in [0.25, 0.3) is 0 Å². The van der Waals surface area contributed by atoms with Gasteiger partial charge in [0.2, 0.25) is 0 Å². The molecule has 0 unspecified atom stereocenters. The van der Waals surface area contributed by atoms with Crippen LogP contribution in [0, 0.1) is 0 Å². The normalized spacial score (nSPS) is 12.2. The van der Waals surface area contributed by atoms with Crippen LogP contribution in [0.4, 0.5) is 0 Å². The van der Waals surface area contributed by atoms with Crippen LogP contribution in [0.3, 0.4) is 0 Å². The minimum absolute atomic E-state index is 1.14. The largest absolute Gasteiger partial charge is 0.0616 e. The molecular weight excluding hydrogens is 1020 g/mol. The predicted octanol–water partition coefficient (Wildman–Crippen LogP) is 22.1. The maximum Gasteiger partial charge on any atom is 0.0332 e. The molecule has 0 amide bonds. The van der Waals surface area contributed by atoms with Crippen LogP contribution in [-0.4, -0.2) is 0 Å². The Morgan fingerprint density at radius 3 is 0.797 bits per heavy atom. The average Bonchev–Trinajstić information content (AvgIpc) is 3.47. The summed E-state index contributed by atoms with van der Waals surface area (Å²) in [5, 5.41) is 29.9. The Labute approximate surface area is 443 Å². The molecule has 0 aliphatic heterocycles. The van der Waals surface area contributed by atoms with Crippen LogP contribution in [0.15, 0.2) is 252 Å². The van der Waals surface area contributed by atoms with Crippen LogP contribution < -0.4 is 0 Å². The third kappa shape index (κ3) is 6.01. The second-order valence-corrected chi connectivity index (χ2v) is 21.6. The second-order valence-electron chi connectivity index (χ2n) is 20.0. The van der Waals surface area contributed by atoms with Gasteiger partial charge in [-0.15, -0.1) is 0 Å². The zero-order valence-electron chi connectivity index (χ0n) is 39.8. The van der Waals surface area contributed by atoms with Crippen molar-refractivity contribution >= 4 is 161 Å². The fourth-order valence-electron chi connectivity index (χ4n) is 13.0.